The molecule has 0 aromatic carbocycles. The second-order valence-corrected chi connectivity index (χ2v) is 11.7. The van der Waals surface area contributed by atoms with Crippen LogP contribution < -0.4 is 0 Å². The molecule has 1 spiro atoms. The molecule has 3 heterocycles. The molecule has 1 unspecified atom stereocenters. The minimum absolute atomic E-state index is 0.0498. The Bertz CT molecular complexity index is 1160. The summed E-state index contributed by atoms with van der Waals surface area (Å²) >= 11 is 0. The smallest absolute Gasteiger partial charge is 0.388 e. The Morgan fingerprint density at radius 1 is 1.06 bits per heavy atom. The molecule has 1 N–H and O–H groups in total. The van der Waals surface area contributed by atoms with Crippen LogP contribution in [0.4, 0.5) is 22.0 Å². The van der Waals surface area contributed by atoms with Crippen molar-refractivity contribution in [3.8, 4) is 0 Å². The summed E-state index contributed by atoms with van der Waals surface area (Å²) in [4.78, 5) is 9.08. The van der Waals surface area contributed by atoms with E-state index in [1.165, 1.54) is 6.07 Å². The number of aliphatic hydroxyl groups excluding tert-OH is 1. The largest absolute Gasteiger partial charge is 0.417 e. The van der Waals surface area contributed by atoms with E-state index in [2.05, 4.69) is 18.8 Å². The molecule has 1 saturated carbocycles. The van der Waals surface area contributed by atoms with E-state index in [-0.39, 0.29) is 42.7 Å². The van der Waals surface area contributed by atoms with Crippen molar-refractivity contribution in [2.75, 3.05) is 0 Å². The Morgan fingerprint density at radius 3 is 2.28 bits per heavy atom. The molecule has 2 aromatic heterocycles. The van der Waals surface area contributed by atoms with Crippen LogP contribution >= 0.6 is 0 Å². The number of fused-ring (bicyclic) bond motifs is 4. The molecule has 3 aliphatic rings. The fourth-order valence-corrected chi connectivity index (χ4v) is 6.19. The van der Waals surface area contributed by atoms with Crippen molar-refractivity contribution in [2.45, 2.75) is 102 Å². The zero-order valence-corrected chi connectivity index (χ0v) is 20.8. The third kappa shape index (κ3) is 4.22. The van der Waals surface area contributed by atoms with E-state index in [1.807, 2.05) is 13.8 Å². The van der Waals surface area contributed by atoms with Gasteiger partial charge in [-0.2, -0.15) is 13.2 Å². The van der Waals surface area contributed by atoms with Gasteiger partial charge in [0.1, 0.15) is 6.10 Å². The molecule has 196 valence electrons. The Labute approximate surface area is 207 Å². The van der Waals surface area contributed by atoms with E-state index in [4.69, 9.17) is 9.72 Å². The molecular formula is C27H31F5N2O2. The normalized spacial score (nSPS) is 26.2. The van der Waals surface area contributed by atoms with Gasteiger partial charge in [-0.3, -0.25) is 9.97 Å². The number of pyridine rings is 2. The number of hydrogen-bond acceptors (Lipinski definition) is 4. The van der Waals surface area contributed by atoms with E-state index in [0.717, 1.165) is 23.7 Å². The van der Waals surface area contributed by atoms with E-state index >= 15 is 0 Å². The molecule has 2 atom stereocenters. The second-order valence-electron chi connectivity index (χ2n) is 11.7. The average Bonchev–Trinajstić information content (AvgIpc) is 3.09. The SMILES string of the molecule is CC(C)c1nc2c(c3c1[C@H](c1ccc(C(F)(F)F)cn1)OC31CCC(F)(F)CC1)C(O)CC(C)(C)C2. The Kier molecular flexibility index (Phi) is 5.80. The van der Waals surface area contributed by atoms with Crippen molar-refractivity contribution in [3.63, 3.8) is 0 Å². The first-order chi connectivity index (χ1) is 16.6. The highest BCUT2D eigenvalue weighted by atomic mass is 19.4. The number of ether oxygens (including phenoxy) is 1. The number of hydrogen-bond donors (Lipinski definition) is 1. The van der Waals surface area contributed by atoms with Crippen LogP contribution in [-0.2, 0) is 22.9 Å². The van der Waals surface area contributed by atoms with Crippen LogP contribution in [0.25, 0.3) is 0 Å². The number of nitrogens with zero attached hydrogens (tertiary/aromatic N) is 2. The van der Waals surface area contributed by atoms with E-state index in [0.29, 0.717) is 29.5 Å². The molecule has 2 aromatic rings. The summed E-state index contributed by atoms with van der Waals surface area (Å²) < 4.78 is 74.7. The monoisotopic (exact) mass is 510 g/mol. The van der Waals surface area contributed by atoms with E-state index in [9.17, 15) is 27.1 Å². The lowest BCUT2D eigenvalue weighted by Gasteiger charge is -2.41. The van der Waals surface area contributed by atoms with Crippen LogP contribution in [-0.4, -0.2) is 21.0 Å². The maximum absolute atomic E-state index is 14.3. The van der Waals surface area contributed by atoms with Gasteiger partial charge in [0.25, 0.3) is 0 Å². The minimum Gasteiger partial charge on any atom is -0.388 e. The number of aliphatic hydroxyl groups is 1. The summed E-state index contributed by atoms with van der Waals surface area (Å²) in [5.74, 6) is -2.87. The van der Waals surface area contributed by atoms with Gasteiger partial charge in [0.15, 0.2) is 0 Å². The van der Waals surface area contributed by atoms with Crippen molar-refractivity contribution in [2.24, 2.45) is 5.41 Å². The minimum atomic E-state index is -4.53. The highest BCUT2D eigenvalue weighted by Crippen LogP contribution is 2.60. The topological polar surface area (TPSA) is 55.2 Å². The number of rotatable bonds is 2. The van der Waals surface area contributed by atoms with Crippen molar-refractivity contribution >= 4 is 0 Å². The standard InChI is InChI=1S/C27H31F5N2O2/c1-14(2)22-20-21(19-17(34-22)11-24(3,4)12-18(19)35)25(7-9-26(28,29)10-8-25)36-23(20)16-6-5-15(13-33-16)27(30,31)32/h5-6,13-14,18,23,35H,7-12H2,1-4H3/t18?,23-/m0/s1. The lowest BCUT2D eigenvalue weighted by molar-refractivity contribution is -0.142. The van der Waals surface area contributed by atoms with Gasteiger partial charge < -0.3 is 9.84 Å². The summed E-state index contributed by atoms with van der Waals surface area (Å²) in [5.41, 5.74) is 1.62. The van der Waals surface area contributed by atoms with Crippen molar-refractivity contribution < 1.29 is 31.8 Å². The maximum Gasteiger partial charge on any atom is 0.417 e. The highest BCUT2D eigenvalue weighted by molar-refractivity contribution is 5.53. The van der Waals surface area contributed by atoms with Crippen LogP contribution in [0.2, 0.25) is 0 Å². The quantitative estimate of drug-likeness (QED) is 0.436. The van der Waals surface area contributed by atoms with Gasteiger partial charge in [-0.15, -0.1) is 0 Å². The third-order valence-corrected chi connectivity index (χ3v) is 7.89. The molecule has 2 aliphatic carbocycles. The molecular weight excluding hydrogens is 479 g/mol. The van der Waals surface area contributed by atoms with Crippen LogP contribution in [0.5, 0.6) is 0 Å². The molecule has 4 nitrogen and oxygen atoms in total. The van der Waals surface area contributed by atoms with Gasteiger partial charge in [0.2, 0.25) is 5.92 Å². The molecule has 0 amide bonds. The zero-order valence-electron chi connectivity index (χ0n) is 20.8. The predicted molar refractivity (Wildman–Crippen MR) is 123 cm³/mol. The molecule has 5 rings (SSSR count). The van der Waals surface area contributed by atoms with Gasteiger partial charge in [-0.1, -0.05) is 27.7 Å². The molecule has 1 fully saturated rings. The average molecular weight is 511 g/mol. The zero-order chi connectivity index (χ0) is 26.3. The summed E-state index contributed by atoms with van der Waals surface area (Å²) in [6.45, 7) is 8.06. The highest BCUT2D eigenvalue weighted by Gasteiger charge is 2.55. The van der Waals surface area contributed by atoms with Gasteiger partial charge in [-0.05, 0) is 54.7 Å². The summed E-state index contributed by atoms with van der Waals surface area (Å²) in [5, 5.41) is 11.3. The molecule has 0 radical (unpaired) electrons. The first-order valence-corrected chi connectivity index (χ1v) is 12.5. The predicted octanol–water partition coefficient (Wildman–Crippen LogP) is 7.15. The Hall–Kier alpha value is -2.13. The number of aromatic nitrogens is 2. The van der Waals surface area contributed by atoms with E-state index < -0.39 is 35.5 Å². The Balaban J connectivity index is 1.73. The Morgan fingerprint density at radius 2 is 1.72 bits per heavy atom. The number of alkyl halides is 5. The van der Waals surface area contributed by atoms with Gasteiger partial charge >= 0.3 is 6.18 Å². The third-order valence-electron chi connectivity index (χ3n) is 7.89. The molecule has 0 bridgehead atoms. The first kappa shape index (κ1) is 25.5. The van der Waals surface area contributed by atoms with Crippen LogP contribution in [0.3, 0.4) is 0 Å². The lowest BCUT2D eigenvalue weighted by Crippen LogP contribution is -2.38. The fraction of sp³-hybridized carbons (Fsp3) is 0.630. The summed E-state index contributed by atoms with van der Waals surface area (Å²) in [7, 11) is 0. The molecule has 1 aliphatic heterocycles. The molecule has 36 heavy (non-hydrogen) atoms. The van der Waals surface area contributed by atoms with Gasteiger partial charge in [0.05, 0.1) is 23.0 Å². The number of halogens is 5. The van der Waals surface area contributed by atoms with Crippen molar-refractivity contribution in [3.05, 3.63) is 57.7 Å². The fourth-order valence-electron chi connectivity index (χ4n) is 6.19. The van der Waals surface area contributed by atoms with E-state index in [1.54, 1.807) is 0 Å². The van der Waals surface area contributed by atoms with Gasteiger partial charge in [-0.25, -0.2) is 8.78 Å². The second kappa shape index (κ2) is 8.18. The molecule has 9 heteroatoms. The van der Waals surface area contributed by atoms with Crippen LogP contribution in [0.1, 0.15) is 117 Å². The molecule has 0 saturated heterocycles. The summed E-state index contributed by atoms with van der Waals surface area (Å²) in [6.07, 6.45) is -4.97. The maximum atomic E-state index is 14.3. The lowest BCUT2D eigenvalue weighted by atomic mass is 9.68. The van der Waals surface area contributed by atoms with Crippen molar-refractivity contribution in [1.82, 2.24) is 9.97 Å². The van der Waals surface area contributed by atoms with Crippen LogP contribution in [0.15, 0.2) is 18.3 Å². The van der Waals surface area contributed by atoms with Gasteiger partial charge in [0, 0.05) is 41.6 Å². The van der Waals surface area contributed by atoms with Crippen LogP contribution in [0, 0.1) is 5.41 Å². The van der Waals surface area contributed by atoms with Crippen molar-refractivity contribution in [1.29, 1.82) is 0 Å². The first-order valence-electron chi connectivity index (χ1n) is 12.5. The summed E-state index contributed by atoms with van der Waals surface area (Å²) in [6, 6.07) is 2.25.